The first kappa shape index (κ1) is 38.1. The zero-order chi connectivity index (χ0) is 40.2. The summed E-state index contributed by atoms with van der Waals surface area (Å²) >= 11 is 0. The predicted molar refractivity (Wildman–Crippen MR) is 251 cm³/mol. The van der Waals surface area contributed by atoms with Crippen molar-refractivity contribution in [3.63, 3.8) is 0 Å². The van der Waals surface area contributed by atoms with Gasteiger partial charge in [0.15, 0.2) is 0 Å². The Bertz CT molecular complexity index is 2750. The van der Waals surface area contributed by atoms with Crippen LogP contribution in [0, 0.1) is 41.5 Å². The lowest BCUT2D eigenvalue weighted by molar-refractivity contribution is 1.40. The number of aryl methyl sites for hydroxylation is 6. The molecule has 0 bridgehead atoms. The molecule has 0 saturated carbocycles. The van der Waals surface area contributed by atoms with E-state index in [1.807, 2.05) is 18.2 Å². The molecule has 1 aliphatic carbocycles. The Morgan fingerprint density at radius 3 is 1.12 bits per heavy atom. The minimum atomic E-state index is 1.24. The summed E-state index contributed by atoms with van der Waals surface area (Å²) in [5.41, 5.74) is 23.6. The van der Waals surface area contributed by atoms with Gasteiger partial charge in [-0.05, 0) is 165 Å². The SMILES string of the molecule is Cc1ccc2c3c(cccc13)-c1ccccc1-2.Cc1ccccc1.Cc1ccccc1-c1cc(-c2cccc(-c3ccc(C)c(-c4ccccc4C)c3)c2)ccc1C. The summed E-state index contributed by atoms with van der Waals surface area (Å²) in [4.78, 5) is 0. The molecule has 0 amide bonds. The molecule has 1 aliphatic rings. The molecule has 10 rings (SSSR count). The number of rotatable bonds is 4. The molecule has 0 aliphatic heterocycles. The summed E-state index contributed by atoms with van der Waals surface area (Å²) < 4.78 is 0. The van der Waals surface area contributed by atoms with E-state index in [-0.39, 0.29) is 0 Å². The van der Waals surface area contributed by atoms with Crippen LogP contribution in [0.2, 0.25) is 0 Å². The first-order valence-corrected chi connectivity index (χ1v) is 20.3. The lowest BCUT2D eigenvalue weighted by atomic mass is 9.90. The number of benzene rings is 9. The zero-order valence-electron chi connectivity index (χ0n) is 34.5. The molecule has 0 heteroatoms. The van der Waals surface area contributed by atoms with Crippen LogP contribution < -0.4 is 0 Å². The zero-order valence-corrected chi connectivity index (χ0v) is 34.5. The van der Waals surface area contributed by atoms with Crippen molar-refractivity contribution in [1.29, 1.82) is 0 Å². The molecule has 282 valence electrons. The van der Waals surface area contributed by atoms with Gasteiger partial charge in [-0.2, -0.15) is 0 Å². The Balaban J connectivity index is 0.000000159. The van der Waals surface area contributed by atoms with Gasteiger partial charge in [0.25, 0.3) is 0 Å². The molecule has 0 unspecified atom stereocenters. The third kappa shape index (κ3) is 7.80. The number of hydrogen-bond acceptors (Lipinski definition) is 0. The normalized spacial score (nSPS) is 10.9. The molecule has 0 spiro atoms. The fourth-order valence-electron chi connectivity index (χ4n) is 8.30. The highest BCUT2D eigenvalue weighted by Gasteiger charge is 2.20. The van der Waals surface area contributed by atoms with Gasteiger partial charge in [0, 0.05) is 0 Å². The standard InChI is InChI=1S/C34H30.C17H12.C7H8/c1-23-10-5-7-14-31(23)33-21-29(18-16-25(33)3)27-12-9-13-28(20-27)30-19-17-26(4)34(22-30)32-15-8-6-11-24(32)2;1-11-9-10-16-14-6-3-2-5-13(14)15-8-4-7-12(11)17(15)16;1-7-5-3-2-4-6-7/h5-22H,1-4H3;2-10H,1H3;2-6H,1H3. The average Bonchev–Trinajstić information content (AvgIpc) is 3.58. The Kier molecular flexibility index (Phi) is 11.0. The fraction of sp³-hybridized carbons (Fsp3) is 0.103. The Labute approximate surface area is 345 Å². The van der Waals surface area contributed by atoms with E-state index in [1.54, 1.807) is 0 Å². The Hall–Kier alpha value is -6.76. The van der Waals surface area contributed by atoms with Crippen LogP contribution >= 0.6 is 0 Å². The molecule has 0 heterocycles. The van der Waals surface area contributed by atoms with Gasteiger partial charge in [-0.15, -0.1) is 0 Å². The molecule has 0 radical (unpaired) electrons. The van der Waals surface area contributed by atoms with Crippen LogP contribution in [0.1, 0.15) is 33.4 Å². The van der Waals surface area contributed by atoms with Gasteiger partial charge >= 0.3 is 0 Å². The highest BCUT2D eigenvalue weighted by molar-refractivity contribution is 6.15. The quantitative estimate of drug-likeness (QED) is 0.168. The van der Waals surface area contributed by atoms with Crippen molar-refractivity contribution >= 4 is 10.8 Å². The van der Waals surface area contributed by atoms with Crippen molar-refractivity contribution in [2.45, 2.75) is 41.5 Å². The van der Waals surface area contributed by atoms with Crippen LogP contribution in [0.5, 0.6) is 0 Å². The van der Waals surface area contributed by atoms with E-state index in [0.29, 0.717) is 0 Å². The molecule has 58 heavy (non-hydrogen) atoms. The number of hydrogen-bond donors (Lipinski definition) is 0. The van der Waals surface area contributed by atoms with Gasteiger partial charge in [0.05, 0.1) is 0 Å². The maximum Gasteiger partial charge on any atom is -0.00237 e. The van der Waals surface area contributed by atoms with Gasteiger partial charge < -0.3 is 0 Å². The maximum absolute atomic E-state index is 2.34. The number of fused-ring (bicyclic) bond motifs is 3. The van der Waals surface area contributed by atoms with E-state index in [1.165, 1.54) is 111 Å². The average molecular weight is 747 g/mol. The fourth-order valence-corrected chi connectivity index (χ4v) is 8.30. The van der Waals surface area contributed by atoms with Crippen molar-refractivity contribution < 1.29 is 0 Å². The molecule has 0 fully saturated rings. The van der Waals surface area contributed by atoms with Crippen molar-refractivity contribution in [3.05, 3.63) is 228 Å². The molecular formula is C58H50. The summed E-state index contributed by atoms with van der Waals surface area (Å²) in [6.45, 7) is 13.0. The molecule has 0 atom stereocenters. The van der Waals surface area contributed by atoms with Gasteiger partial charge in [-0.25, -0.2) is 0 Å². The summed E-state index contributed by atoms with van der Waals surface area (Å²) in [7, 11) is 0. The molecule has 9 aromatic carbocycles. The first-order valence-electron chi connectivity index (χ1n) is 20.3. The van der Waals surface area contributed by atoms with Crippen molar-refractivity contribution in [3.8, 4) is 66.8 Å². The lowest BCUT2D eigenvalue weighted by Gasteiger charge is -2.14. The second-order valence-electron chi connectivity index (χ2n) is 15.6. The highest BCUT2D eigenvalue weighted by Crippen LogP contribution is 2.47. The Morgan fingerprint density at radius 1 is 0.224 bits per heavy atom. The van der Waals surface area contributed by atoms with E-state index in [0.717, 1.165) is 0 Å². The second kappa shape index (κ2) is 16.8. The van der Waals surface area contributed by atoms with Gasteiger partial charge in [-0.1, -0.05) is 181 Å². The van der Waals surface area contributed by atoms with E-state index in [2.05, 4.69) is 217 Å². The van der Waals surface area contributed by atoms with E-state index in [9.17, 15) is 0 Å². The second-order valence-corrected chi connectivity index (χ2v) is 15.6. The summed E-state index contributed by atoms with van der Waals surface area (Å²) in [5.74, 6) is 0. The molecule has 0 saturated heterocycles. The summed E-state index contributed by atoms with van der Waals surface area (Å²) in [6.07, 6.45) is 0. The van der Waals surface area contributed by atoms with E-state index < -0.39 is 0 Å². The topological polar surface area (TPSA) is 0 Å². The lowest BCUT2D eigenvalue weighted by Crippen LogP contribution is -1.90. The molecule has 9 aromatic rings. The minimum absolute atomic E-state index is 1.24. The minimum Gasteiger partial charge on any atom is -0.0622 e. The van der Waals surface area contributed by atoms with Crippen LogP contribution in [0.25, 0.3) is 77.5 Å². The molecule has 0 N–H and O–H groups in total. The highest BCUT2D eigenvalue weighted by atomic mass is 14.2. The maximum atomic E-state index is 2.34. The van der Waals surface area contributed by atoms with Crippen LogP contribution in [0.15, 0.2) is 194 Å². The van der Waals surface area contributed by atoms with Gasteiger partial charge in [0.2, 0.25) is 0 Å². The Morgan fingerprint density at radius 2 is 0.621 bits per heavy atom. The monoisotopic (exact) mass is 746 g/mol. The van der Waals surface area contributed by atoms with E-state index in [4.69, 9.17) is 0 Å². The van der Waals surface area contributed by atoms with Gasteiger partial charge in [-0.3, -0.25) is 0 Å². The van der Waals surface area contributed by atoms with Gasteiger partial charge in [0.1, 0.15) is 0 Å². The first-order chi connectivity index (χ1) is 28.3. The predicted octanol–water partition coefficient (Wildman–Crippen LogP) is 16.4. The van der Waals surface area contributed by atoms with Crippen molar-refractivity contribution in [2.24, 2.45) is 0 Å². The van der Waals surface area contributed by atoms with Crippen LogP contribution in [0.3, 0.4) is 0 Å². The smallest absolute Gasteiger partial charge is 0.00237 e. The van der Waals surface area contributed by atoms with Crippen LogP contribution in [0.4, 0.5) is 0 Å². The largest absolute Gasteiger partial charge is 0.0622 e. The van der Waals surface area contributed by atoms with Crippen molar-refractivity contribution in [2.75, 3.05) is 0 Å². The molecule has 0 nitrogen and oxygen atoms in total. The van der Waals surface area contributed by atoms with Crippen molar-refractivity contribution in [1.82, 2.24) is 0 Å². The molecule has 0 aromatic heterocycles. The third-order valence-corrected chi connectivity index (χ3v) is 11.6. The van der Waals surface area contributed by atoms with Crippen LogP contribution in [-0.4, -0.2) is 0 Å². The third-order valence-electron chi connectivity index (χ3n) is 11.6. The summed E-state index contributed by atoms with van der Waals surface area (Å²) in [5, 5.41) is 2.81. The van der Waals surface area contributed by atoms with Crippen LogP contribution in [-0.2, 0) is 0 Å². The molecular weight excluding hydrogens is 697 g/mol. The summed E-state index contributed by atoms with van der Waals surface area (Å²) in [6, 6.07) is 69.9. The van der Waals surface area contributed by atoms with E-state index >= 15 is 0 Å².